The van der Waals surface area contributed by atoms with Gasteiger partial charge >= 0.3 is 0 Å². The Bertz CT molecular complexity index is 925. The van der Waals surface area contributed by atoms with Crippen molar-refractivity contribution in [3.8, 4) is 0 Å². The fourth-order valence-electron chi connectivity index (χ4n) is 2.37. The van der Waals surface area contributed by atoms with Crippen LogP contribution in [-0.2, 0) is 14.8 Å². The Labute approximate surface area is 164 Å². The highest BCUT2D eigenvalue weighted by Crippen LogP contribution is 2.11. The fraction of sp³-hybridized carbons (Fsp3) is 0.263. The fourth-order valence-corrected chi connectivity index (χ4v) is 3.59. The number of carbonyl (C=O) groups excluding carboxylic acids is 2. The van der Waals surface area contributed by atoms with E-state index in [-0.39, 0.29) is 17.1 Å². The van der Waals surface area contributed by atoms with Gasteiger partial charge in [-0.25, -0.2) is 13.1 Å². The lowest BCUT2D eigenvalue weighted by Crippen LogP contribution is -2.41. The Balaban J connectivity index is 1.97. The topological polar surface area (TPSA) is 114 Å². The molecule has 0 aromatic heterocycles. The maximum atomic E-state index is 12.3. The normalized spacial score (nSPS) is 12.2. The summed E-state index contributed by atoms with van der Waals surface area (Å²) in [6.45, 7) is 3.82. The minimum atomic E-state index is -3.72. The molecule has 0 spiro atoms. The summed E-state index contributed by atoms with van der Waals surface area (Å²) in [5, 5.41) is 0. The van der Waals surface area contributed by atoms with Crippen molar-refractivity contribution in [2.45, 2.75) is 24.8 Å². The highest BCUT2D eigenvalue weighted by atomic mass is 32.2. The molecular formula is C19H23N3O5S. The van der Waals surface area contributed by atoms with E-state index >= 15 is 0 Å². The van der Waals surface area contributed by atoms with Crippen LogP contribution in [0.3, 0.4) is 0 Å². The lowest BCUT2D eigenvalue weighted by molar-refractivity contribution is 0.0846. The first-order valence-corrected chi connectivity index (χ1v) is 10.00. The SMILES string of the molecule is COC[C@H](C)NS(=O)(=O)c1ccc(C(=O)NNC(=O)c2ccc(C)cc2)cc1. The van der Waals surface area contributed by atoms with Crippen molar-refractivity contribution in [3.05, 3.63) is 65.2 Å². The van der Waals surface area contributed by atoms with E-state index in [9.17, 15) is 18.0 Å². The van der Waals surface area contributed by atoms with Gasteiger partial charge < -0.3 is 4.74 Å². The number of carbonyl (C=O) groups is 2. The quantitative estimate of drug-likeness (QED) is 0.603. The molecule has 0 saturated heterocycles. The number of rotatable bonds is 7. The van der Waals surface area contributed by atoms with E-state index in [4.69, 9.17) is 4.74 Å². The first-order chi connectivity index (χ1) is 13.2. The lowest BCUT2D eigenvalue weighted by atomic mass is 10.1. The number of hydrogen-bond donors (Lipinski definition) is 3. The van der Waals surface area contributed by atoms with Crippen molar-refractivity contribution in [2.24, 2.45) is 0 Å². The number of ether oxygens (including phenoxy) is 1. The zero-order valence-corrected chi connectivity index (χ0v) is 16.7. The van der Waals surface area contributed by atoms with Crippen LogP contribution in [0.25, 0.3) is 0 Å². The van der Waals surface area contributed by atoms with Crippen LogP contribution < -0.4 is 15.6 Å². The summed E-state index contributed by atoms with van der Waals surface area (Å²) in [5.74, 6) is -1.02. The zero-order chi connectivity index (χ0) is 20.7. The molecule has 8 nitrogen and oxygen atoms in total. The van der Waals surface area contributed by atoms with Gasteiger partial charge in [0.1, 0.15) is 0 Å². The van der Waals surface area contributed by atoms with Gasteiger partial charge in [-0.05, 0) is 50.2 Å². The van der Waals surface area contributed by atoms with Crippen molar-refractivity contribution in [2.75, 3.05) is 13.7 Å². The van der Waals surface area contributed by atoms with Gasteiger partial charge in [-0.15, -0.1) is 0 Å². The summed E-state index contributed by atoms with van der Waals surface area (Å²) in [5.41, 5.74) is 6.24. The molecule has 0 aliphatic rings. The molecular weight excluding hydrogens is 382 g/mol. The second kappa shape index (κ2) is 9.45. The standard InChI is InChI=1S/C19H23N3O5S/c1-13-4-6-15(7-5-13)18(23)20-21-19(24)16-8-10-17(11-9-16)28(25,26)22-14(2)12-27-3/h4-11,14,22H,12H2,1-3H3,(H,20,23)(H,21,24)/t14-/m0/s1. The smallest absolute Gasteiger partial charge is 0.269 e. The molecule has 0 heterocycles. The maximum Gasteiger partial charge on any atom is 0.269 e. The number of amides is 2. The summed E-state index contributed by atoms with van der Waals surface area (Å²) < 4.78 is 31.9. The van der Waals surface area contributed by atoms with E-state index in [0.29, 0.717) is 5.56 Å². The Morgan fingerprint density at radius 2 is 1.39 bits per heavy atom. The van der Waals surface area contributed by atoms with Gasteiger partial charge in [0.15, 0.2) is 0 Å². The molecule has 0 saturated carbocycles. The molecule has 28 heavy (non-hydrogen) atoms. The number of benzene rings is 2. The van der Waals surface area contributed by atoms with Crippen LogP contribution in [0, 0.1) is 6.92 Å². The van der Waals surface area contributed by atoms with Crippen LogP contribution >= 0.6 is 0 Å². The van der Waals surface area contributed by atoms with E-state index in [2.05, 4.69) is 15.6 Å². The van der Waals surface area contributed by atoms with Crippen molar-refractivity contribution in [1.82, 2.24) is 15.6 Å². The number of sulfonamides is 1. The molecule has 1 atom stereocenters. The molecule has 2 amide bonds. The molecule has 0 unspecified atom stereocenters. The first kappa shape index (κ1) is 21.5. The van der Waals surface area contributed by atoms with Crippen molar-refractivity contribution in [1.29, 1.82) is 0 Å². The predicted octanol–water partition coefficient (Wildman–Crippen LogP) is 1.38. The van der Waals surface area contributed by atoms with Gasteiger partial charge in [-0.2, -0.15) is 0 Å². The van der Waals surface area contributed by atoms with E-state index < -0.39 is 27.9 Å². The Kier molecular flexibility index (Phi) is 7.27. The molecule has 3 N–H and O–H groups in total. The van der Waals surface area contributed by atoms with Gasteiger partial charge in [-0.1, -0.05) is 17.7 Å². The summed E-state index contributed by atoms with van der Waals surface area (Å²) in [4.78, 5) is 24.2. The third kappa shape index (κ3) is 5.88. The molecule has 2 aromatic carbocycles. The van der Waals surface area contributed by atoms with E-state index in [1.54, 1.807) is 31.2 Å². The number of hydrazine groups is 1. The number of aryl methyl sites for hydroxylation is 1. The molecule has 0 fully saturated rings. The molecule has 0 radical (unpaired) electrons. The summed E-state index contributed by atoms with van der Waals surface area (Å²) in [6.07, 6.45) is 0. The van der Waals surface area contributed by atoms with Crippen LogP contribution in [-0.4, -0.2) is 40.0 Å². The Hall–Kier alpha value is -2.75. The van der Waals surface area contributed by atoms with Crippen molar-refractivity contribution < 1.29 is 22.7 Å². The van der Waals surface area contributed by atoms with Gasteiger partial charge in [0.05, 0.1) is 11.5 Å². The summed E-state index contributed by atoms with van der Waals surface area (Å²) in [7, 11) is -2.24. The first-order valence-electron chi connectivity index (χ1n) is 8.51. The average molecular weight is 405 g/mol. The van der Waals surface area contributed by atoms with Crippen molar-refractivity contribution in [3.63, 3.8) is 0 Å². The van der Waals surface area contributed by atoms with Crippen LogP contribution in [0.15, 0.2) is 53.4 Å². The Morgan fingerprint density at radius 1 is 0.929 bits per heavy atom. The zero-order valence-electron chi connectivity index (χ0n) is 15.9. The van der Waals surface area contributed by atoms with Crippen LogP contribution in [0.5, 0.6) is 0 Å². The molecule has 150 valence electrons. The molecule has 0 aliphatic heterocycles. The molecule has 2 aromatic rings. The third-order valence-electron chi connectivity index (χ3n) is 3.80. The van der Waals surface area contributed by atoms with E-state index in [1.165, 1.54) is 31.4 Å². The minimum Gasteiger partial charge on any atom is -0.383 e. The van der Waals surface area contributed by atoms with Crippen LogP contribution in [0.4, 0.5) is 0 Å². The number of nitrogens with one attached hydrogen (secondary N) is 3. The van der Waals surface area contributed by atoms with E-state index in [1.807, 2.05) is 6.92 Å². The van der Waals surface area contributed by atoms with Crippen molar-refractivity contribution >= 4 is 21.8 Å². The molecule has 9 heteroatoms. The van der Waals surface area contributed by atoms with Gasteiger partial charge in [0.25, 0.3) is 11.8 Å². The average Bonchev–Trinajstić information content (AvgIpc) is 2.66. The second-order valence-electron chi connectivity index (χ2n) is 6.28. The molecule has 2 rings (SSSR count). The highest BCUT2D eigenvalue weighted by molar-refractivity contribution is 7.89. The monoisotopic (exact) mass is 405 g/mol. The highest BCUT2D eigenvalue weighted by Gasteiger charge is 2.18. The van der Waals surface area contributed by atoms with Gasteiger partial charge in [0.2, 0.25) is 10.0 Å². The largest absolute Gasteiger partial charge is 0.383 e. The van der Waals surface area contributed by atoms with Gasteiger partial charge in [0, 0.05) is 24.3 Å². The van der Waals surface area contributed by atoms with Crippen LogP contribution in [0.2, 0.25) is 0 Å². The van der Waals surface area contributed by atoms with Crippen LogP contribution in [0.1, 0.15) is 33.2 Å². The third-order valence-corrected chi connectivity index (χ3v) is 5.41. The second-order valence-corrected chi connectivity index (χ2v) is 7.99. The number of hydrogen-bond acceptors (Lipinski definition) is 5. The summed E-state index contributed by atoms with van der Waals surface area (Å²) >= 11 is 0. The number of methoxy groups -OCH3 is 1. The minimum absolute atomic E-state index is 0.0238. The summed E-state index contributed by atoms with van der Waals surface area (Å²) in [6, 6.07) is 11.8. The molecule has 0 aliphatic carbocycles. The van der Waals surface area contributed by atoms with Gasteiger partial charge in [-0.3, -0.25) is 20.4 Å². The lowest BCUT2D eigenvalue weighted by Gasteiger charge is -2.13. The maximum absolute atomic E-state index is 12.3. The Morgan fingerprint density at radius 3 is 1.86 bits per heavy atom. The predicted molar refractivity (Wildman–Crippen MR) is 104 cm³/mol. The molecule has 0 bridgehead atoms. The van der Waals surface area contributed by atoms with E-state index in [0.717, 1.165) is 5.56 Å².